The summed E-state index contributed by atoms with van der Waals surface area (Å²) in [5, 5.41) is 7.45. The normalized spacial score (nSPS) is 27.7. The highest BCUT2D eigenvalue weighted by molar-refractivity contribution is 7.91. The van der Waals surface area contributed by atoms with Gasteiger partial charge in [-0.2, -0.15) is 5.10 Å². The highest BCUT2D eigenvalue weighted by Gasteiger charge is 2.37. The maximum atomic E-state index is 12.0. The summed E-state index contributed by atoms with van der Waals surface area (Å²) in [7, 11) is -2.98. The molecule has 0 saturated carbocycles. The van der Waals surface area contributed by atoms with E-state index >= 15 is 0 Å². The molecule has 1 aromatic heterocycles. The second-order valence-electron chi connectivity index (χ2n) is 6.45. The van der Waals surface area contributed by atoms with E-state index in [9.17, 15) is 13.2 Å². The number of aromatic nitrogens is 2. The first kappa shape index (κ1) is 14.6. The molecule has 116 valence electrons. The third-order valence-corrected chi connectivity index (χ3v) is 6.28. The van der Waals surface area contributed by atoms with Crippen molar-refractivity contribution in [3.8, 4) is 0 Å². The second kappa shape index (κ2) is 4.83. The van der Waals surface area contributed by atoms with E-state index in [-0.39, 0.29) is 29.4 Å². The fourth-order valence-electron chi connectivity index (χ4n) is 3.42. The number of fused-ring (bicyclic) bond motifs is 1. The van der Waals surface area contributed by atoms with Crippen molar-refractivity contribution in [2.75, 3.05) is 16.8 Å². The van der Waals surface area contributed by atoms with Gasteiger partial charge in [0.1, 0.15) is 5.82 Å². The van der Waals surface area contributed by atoms with Crippen LogP contribution in [0.2, 0.25) is 0 Å². The summed E-state index contributed by atoms with van der Waals surface area (Å²) >= 11 is 0. The quantitative estimate of drug-likeness (QED) is 0.900. The minimum atomic E-state index is -2.98. The Morgan fingerprint density at radius 1 is 1.38 bits per heavy atom. The minimum absolute atomic E-state index is 0.0109. The maximum Gasteiger partial charge on any atom is 0.226 e. The van der Waals surface area contributed by atoms with E-state index < -0.39 is 9.84 Å². The van der Waals surface area contributed by atoms with Crippen molar-refractivity contribution in [1.29, 1.82) is 0 Å². The molecule has 0 unspecified atom stereocenters. The van der Waals surface area contributed by atoms with Crippen LogP contribution in [0.5, 0.6) is 0 Å². The predicted octanol–water partition coefficient (Wildman–Crippen LogP) is 1.63. The summed E-state index contributed by atoms with van der Waals surface area (Å²) in [6.07, 6.45) is 1.04. The van der Waals surface area contributed by atoms with Gasteiger partial charge in [0.25, 0.3) is 0 Å². The number of carbonyl (C=O) groups is 1. The first-order chi connectivity index (χ1) is 9.78. The zero-order valence-electron chi connectivity index (χ0n) is 12.6. The van der Waals surface area contributed by atoms with Crippen LogP contribution >= 0.6 is 0 Å². The molecule has 0 aliphatic carbocycles. The molecule has 0 bridgehead atoms. The topological polar surface area (TPSA) is 81.1 Å². The number of sulfone groups is 1. The average Bonchev–Trinajstić information content (AvgIpc) is 2.89. The number of aryl methyl sites for hydroxylation is 1. The van der Waals surface area contributed by atoms with Gasteiger partial charge in [0, 0.05) is 17.9 Å². The van der Waals surface area contributed by atoms with Crippen LogP contribution in [0.1, 0.15) is 49.9 Å². The Hall–Kier alpha value is -1.37. The zero-order chi connectivity index (χ0) is 15.4. The van der Waals surface area contributed by atoms with Crippen LogP contribution in [0.3, 0.4) is 0 Å². The molecule has 2 atom stereocenters. The first-order valence-corrected chi connectivity index (χ1v) is 9.20. The second-order valence-corrected chi connectivity index (χ2v) is 8.68. The number of carbonyl (C=O) groups excluding carboxylic acids is 1. The molecule has 0 aromatic carbocycles. The lowest BCUT2D eigenvalue weighted by Gasteiger charge is -2.27. The summed E-state index contributed by atoms with van der Waals surface area (Å²) in [6.45, 7) is 6.14. The van der Waals surface area contributed by atoms with E-state index in [4.69, 9.17) is 0 Å². The zero-order valence-corrected chi connectivity index (χ0v) is 13.4. The molecular weight excluding hydrogens is 290 g/mol. The summed E-state index contributed by atoms with van der Waals surface area (Å²) in [4.78, 5) is 12.0. The van der Waals surface area contributed by atoms with E-state index in [0.29, 0.717) is 24.6 Å². The Morgan fingerprint density at radius 2 is 2.10 bits per heavy atom. The molecule has 2 aliphatic heterocycles. The van der Waals surface area contributed by atoms with Gasteiger partial charge in [-0.05, 0) is 19.3 Å². The molecule has 1 N–H and O–H groups in total. The van der Waals surface area contributed by atoms with Gasteiger partial charge >= 0.3 is 0 Å². The highest BCUT2D eigenvalue weighted by Crippen LogP contribution is 2.41. The number of hydrogen-bond acceptors (Lipinski definition) is 4. The standard InChI is InChI=1S/C14H21N3O3S/c1-8(2)11-6-12(18)15-14-13(11)9(3)16-17(14)10-4-5-21(19,20)7-10/h8,10-11H,4-7H2,1-3H3,(H,15,18)/t10-,11-/m1/s1. The van der Waals surface area contributed by atoms with Crippen molar-refractivity contribution < 1.29 is 13.2 Å². The molecule has 6 nitrogen and oxygen atoms in total. The van der Waals surface area contributed by atoms with Gasteiger partial charge in [-0.1, -0.05) is 13.8 Å². The van der Waals surface area contributed by atoms with Gasteiger partial charge in [-0.3, -0.25) is 4.79 Å². The lowest BCUT2D eigenvalue weighted by molar-refractivity contribution is -0.117. The molecule has 21 heavy (non-hydrogen) atoms. The van der Waals surface area contributed by atoms with Crippen molar-refractivity contribution in [3.63, 3.8) is 0 Å². The first-order valence-electron chi connectivity index (χ1n) is 7.38. The SMILES string of the molecule is Cc1nn([C@@H]2CCS(=O)(=O)C2)c2c1[C@@H](C(C)C)CC(=O)N2. The molecule has 3 rings (SSSR count). The maximum absolute atomic E-state index is 12.0. The van der Waals surface area contributed by atoms with E-state index in [1.165, 1.54) is 0 Å². The monoisotopic (exact) mass is 311 g/mol. The number of anilines is 1. The molecule has 0 spiro atoms. The predicted molar refractivity (Wildman–Crippen MR) is 80.1 cm³/mol. The molecular formula is C14H21N3O3S. The Balaban J connectivity index is 2.06. The van der Waals surface area contributed by atoms with Crippen LogP contribution in [0, 0.1) is 12.8 Å². The highest BCUT2D eigenvalue weighted by atomic mass is 32.2. The van der Waals surface area contributed by atoms with Gasteiger partial charge in [0.05, 0.1) is 23.2 Å². The van der Waals surface area contributed by atoms with Gasteiger partial charge in [-0.25, -0.2) is 13.1 Å². The fraction of sp³-hybridized carbons (Fsp3) is 0.714. The van der Waals surface area contributed by atoms with Gasteiger partial charge < -0.3 is 5.32 Å². The van der Waals surface area contributed by atoms with Crippen LogP contribution in [-0.4, -0.2) is 35.6 Å². The van der Waals surface area contributed by atoms with Crippen molar-refractivity contribution in [3.05, 3.63) is 11.3 Å². The number of nitrogens with zero attached hydrogens (tertiary/aromatic N) is 2. The van der Waals surface area contributed by atoms with Crippen molar-refractivity contribution in [1.82, 2.24) is 9.78 Å². The molecule has 2 aliphatic rings. The molecule has 0 radical (unpaired) electrons. The molecule has 1 fully saturated rings. The number of nitrogens with one attached hydrogen (secondary N) is 1. The van der Waals surface area contributed by atoms with E-state index in [0.717, 1.165) is 11.3 Å². The number of amides is 1. The van der Waals surface area contributed by atoms with Gasteiger partial charge in [-0.15, -0.1) is 0 Å². The van der Waals surface area contributed by atoms with Crippen LogP contribution in [0.25, 0.3) is 0 Å². The van der Waals surface area contributed by atoms with Crippen molar-refractivity contribution in [2.24, 2.45) is 5.92 Å². The summed E-state index contributed by atoms with van der Waals surface area (Å²) < 4.78 is 25.1. The molecule has 1 aromatic rings. The lowest BCUT2D eigenvalue weighted by Crippen LogP contribution is -2.27. The Labute approximate surface area is 124 Å². The Bertz CT molecular complexity index is 691. The molecule has 1 amide bonds. The van der Waals surface area contributed by atoms with E-state index in [1.54, 1.807) is 4.68 Å². The van der Waals surface area contributed by atoms with Crippen molar-refractivity contribution in [2.45, 2.75) is 45.6 Å². The minimum Gasteiger partial charge on any atom is -0.311 e. The van der Waals surface area contributed by atoms with Crippen LogP contribution < -0.4 is 5.32 Å². The van der Waals surface area contributed by atoms with Gasteiger partial charge in [0.2, 0.25) is 5.91 Å². The molecule has 7 heteroatoms. The Kier molecular flexibility index (Phi) is 3.35. The number of hydrogen-bond donors (Lipinski definition) is 1. The van der Waals surface area contributed by atoms with Crippen LogP contribution in [0.4, 0.5) is 5.82 Å². The Morgan fingerprint density at radius 3 is 2.67 bits per heavy atom. The van der Waals surface area contributed by atoms with Crippen molar-refractivity contribution >= 4 is 21.6 Å². The third-order valence-electron chi connectivity index (χ3n) is 4.52. The molecule has 1 saturated heterocycles. The smallest absolute Gasteiger partial charge is 0.226 e. The largest absolute Gasteiger partial charge is 0.311 e. The van der Waals surface area contributed by atoms with Gasteiger partial charge in [0.15, 0.2) is 9.84 Å². The van der Waals surface area contributed by atoms with Crippen LogP contribution in [-0.2, 0) is 14.6 Å². The molecule has 3 heterocycles. The number of rotatable bonds is 2. The third kappa shape index (κ3) is 2.47. The lowest BCUT2D eigenvalue weighted by atomic mass is 9.83. The summed E-state index contributed by atoms with van der Waals surface area (Å²) in [6, 6.07) is -0.163. The summed E-state index contributed by atoms with van der Waals surface area (Å²) in [5.74, 6) is 1.52. The summed E-state index contributed by atoms with van der Waals surface area (Å²) in [5.41, 5.74) is 1.97. The average molecular weight is 311 g/mol. The van der Waals surface area contributed by atoms with Crippen LogP contribution in [0.15, 0.2) is 0 Å². The fourth-order valence-corrected chi connectivity index (χ4v) is 5.11. The van der Waals surface area contributed by atoms with E-state index in [2.05, 4.69) is 24.3 Å². The van der Waals surface area contributed by atoms with E-state index in [1.807, 2.05) is 6.92 Å².